The van der Waals surface area contributed by atoms with Crippen molar-refractivity contribution in [2.45, 2.75) is 44.3 Å². The van der Waals surface area contributed by atoms with Crippen molar-refractivity contribution in [3.8, 4) is 11.1 Å². The number of hydrogen-bond donors (Lipinski definition) is 0. The fourth-order valence-corrected chi connectivity index (χ4v) is 3.79. The van der Waals surface area contributed by atoms with Gasteiger partial charge in [0.1, 0.15) is 0 Å². The third kappa shape index (κ3) is 3.85. The van der Waals surface area contributed by atoms with Crippen LogP contribution in [0.25, 0.3) is 11.1 Å². The first-order valence-corrected chi connectivity index (χ1v) is 9.18. The van der Waals surface area contributed by atoms with Gasteiger partial charge < -0.3 is 9.15 Å². The highest BCUT2D eigenvalue weighted by Gasteiger charge is 2.27. The molecule has 2 heteroatoms. The van der Waals surface area contributed by atoms with E-state index in [1.54, 1.807) is 6.26 Å². The fourth-order valence-electron chi connectivity index (χ4n) is 3.79. The second kappa shape index (κ2) is 7.71. The molecule has 128 valence electrons. The lowest BCUT2D eigenvalue weighted by atomic mass is 9.82. The summed E-state index contributed by atoms with van der Waals surface area (Å²) in [5.74, 6) is 0.469. The molecule has 0 unspecified atom stereocenters. The van der Waals surface area contributed by atoms with Gasteiger partial charge in [-0.15, -0.1) is 0 Å². The van der Waals surface area contributed by atoms with Crippen molar-refractivity contribution in [2.75, 3.05) is 0 Å². The Bertz CT molecular complexity index is 760. The van der Waals surface area contributed by atoms with E-state index in [2.05, 4.69) is 54.6 Å². The van der Waals surface area contributed by atoms with Crippen LogP contribution in [0.1, 0.15) is 42.7 Å². The van der Waals surface area contributed by atoms with Gasteiger partial charge in [0.25, 0.3) is 0 Å². The van der Waals surface area contributed by atoms with Crippen LogP contribution in [0.15, 0.2) is 77.6 Å². The summed E-state index contributed by atoms with van der Waals surface area (Å²) in [6.07, 6.45) is 8.80. The number of hydrogen-bond acceptors (Lipinski definition) is 2. The van der Waals surface area contributed by atoms with E-state index in [-0.39, 0.29) is 0 Å². The molecule has 1 aliphatic carbocycles. The first kappa shape index (κ1) is 16.2. The molecule has 1 heterocycles. The predicted molar refractivity (Wildman–Crippen MR) is 100 cm³/mol. The topological polar surface area (TPSA) is 22.4 Å². The van der Waals surface area contributed by atoms with E-state index in [9.17, 15) is 0 Å². The Kier molecular flexibility index (Phi) is 4.98. The lowest BCUT2D eigenvalue weighted by molar-refractivity contribution is 0.00187. The lowest BCUT2D eigenvalue weighted by Crippen LogP contribution is -2.25. The SMILES string of the molecule is c1ccc(-c2ccc(CO[C@H]3CCCC[C@@H]3c3ccoc3)cc2)cc1. The largest absolute Gasteiger partial charge is 0.472 e. The van der Waals surface area contributed by atoms with Crippen molar-refractivity contribution in [3.05, 3.63) is 84.3 Å². The molecule has 2 nitrogen and oxygen atoms in total. The lowest BCUT2D eigenvalue weighted by Gasteiger charge is -2.31. The average Bonchev–Trinajstić information content (AvgIpc) is 3.22. The highest BCUT2D eigenvalue weighted by molar-refractivity contribution is 5.63. The first-order chi connectivity index (χ1) is 12.4. The Balaban J connectivity index is 1.40. The third-order valence-corrected chi connectivity index (χ3v) is 5.20. The van der Waals surface area contributed by atoms with Gasteiger partial charge in [0.15, 0.2) is 0 Å². The minimum Gasteiger partial charge on any atom is -0.472 e. The highest BCUT2D eigenvalue weighted by Crippen LogP contribution is 2.35. The van der Waals surface area contributed by atoms with Gasteiger partial charge in [0, 0.05) is 5.92 Å². The van der Waals surface area contributed by atoms with Crippen LogP contribution in [0.5, 0.6) is 0 Å². The number of benzene rings is 2. The summed E-state index contributed by atoms with van der Waals surface area (Å²) < 4.78 is 11.6. The molecule has 1 aromatic heterocycles. The normalized spacial score (nSPS) is 20.5. The van der Waals surface area contributed by atoms with Gasteiger partial charge in [-0.2, -0.15) is 0 Å². The summed E-state index contributed by atoms with van der Waals surface area (Å²) in [5.41, 5.74) is 5.01. The number of rotatable bonds is 5. The van der Waals surface area contributed by atoms with Gasteiger partial charge in [-0.3, -0.25) is 0 Å². The molecule has 0 amide bonds. The Labute approximate surface area is 149 Å². The molecule has 0 spiro atoms. The Hall–Kier alpha value is -2.32. The molecule has 1 saturated carbocycles. The van der Waals surface area contributed by atoms with Crippen LogP contribution in [0.4, 0.5) is 0 Å². The van der Waals surface area contributed by atoms with Crippen molar-refractivity contribution < 1.29 is 9.15 Å². The van der Waals surface area contributed by atoms with Gasteiger partial charge in [0.05, 0.1) is 25.2 Å². The van der Waals surface area contributed by atoms with E-state index >= 15 is 0 Å². The van der Waals surface area contributed by atoms with Crippen LogP contribution in [0.3, 0.4) is 0 Å². The molecule has 0 aliphatic heterocycles. The van der Waals surface area contributed by atoms with Crippen LogP contribution >= 0.6 is 0 Å². The summed E-state index contributed by atoms with van der Waals surface area (Å²) in [6.45, 7) is 0.675. The zero-order valence-corrected chi connectivity index (χ0v) is 14.4. The van der Waals surface area contributed by atoms with E-state index in [4.69, 9.17) is 9.15 Å². The van der Waals surface area contributed by atoms with Crippen LogP contribution in [0.2, 0.25) is 0 Å². The van der Waals surface area contributed by atoms with Crippen molar-refractivity contribution in [3.63, 3.8) is 0 Å². The van der Waals surface area contributed by atoms with Crippen LogP contribution < -0.4 is 0 Å². The van der Waals surface area contributed by atoms with Crippen LogP contribution in [-0.2, 0) is 11.3 Å². The second-order valence-electron chi connectivity index (χ2n) is 6.86. The van der Waals surface area contributed by atoms with E-state index in [0.29, 0.717) is 18.6 Å². The monoisotopic (exact) mass is 332 g/mol. The maximum absolute atomic E-state index is 6.31. The smallest absolute Gasteiger partial charge is 0.0938 e. The molecular weight excluding hydrogens is 308 g/mol. The highest BCUT2D eigenvalue weighted by atomic mass is 16.5. The Morgan fingerprint density at radius 2 is 1.60 bits per heavy atom. The molecule has 1 fully saturated rings. The quantitative estimate of drug-likeness (QED) is 0.556. The molecule has 0 N–H and O–H groups in total. The fraction of sp³-hybridized carbons (Fsp3) is 0.304. The zero-order valence-electron chi connectivity index (χ0n) is 14.4. The molecule has 4 rings (SSSR count). The Morgan fingerprint density at radius 3 is 2.36 bits per heavy atom. The molecule has 0 saturated heterocycles. The maximum Gasteiger partial charge on any atom is 0.0938 e. The summed E-state index contributed by atoms with van der Waals surface area (Å²) in [4.78, 5) is 0. The minimum atomic E-state index is 0.292. The van der Waals surface area contributed by atoms with Crippen LogP contribution in [-0.4, -0.2) is 6.10 Å². The number of ether oxygens (including phenoxy) is 1. The molecule has 2 atom stereocenters. The van der Waals surface area contributed by atoms with E-state index in [1.165, 1.54) is 41.5 Å². The van der Waals surface area contributed by atoms with Crippen molar-refractivity contribution in [1.29, 1.82) is 0 Å². The third-order valence-electron chi connectivity index (χ3n) is 5.20. The summed E-state index contributed by atoms with van der Waals surface area (Å²) in [6, 6.07) is 21.3. The second-order valence-corrected chi connectivity index (χ2v) is 6.86. The summed E-state index contributed by atoms with van der Waals surface area (Å²) >= 11 is 0. The first-order valence-electron chi connectivity index (χ1n) is 9.18. The summed E-state index contributed by atoms with van der Waals surface area (Å²) in [5, 5.41) is 0. The van der Waals surface area contributed by atoms with E-state index < -0.39 is 0 Å². The average molecular weight is 332 g/mol. The molecule has 3 aromatic rings. The van der Waals surface area contributed by atoms with Gasteiger partial charge in [-0.25, -0.2) is 0 Å². The Morgan fingerprint density at radius 1 is 0.840 bits per heavy atom. The molecule has 25 heavy (non-hydrogen) atoms. The standard InChI is InChI=1S/C23H24O2/c1-2-6-19(7-3-1)20-12-10-18(11-13-20)16-25-23-9-5-4-8-22(23)21-14-15-24-17-21/h1-3,6-7,10-15,17,22-23H,4-5,8-9,16H2/t22-,23+/m1/s1. The predicted octanol–water partition coefficient (Wildman–Crippen LogP) is 6.19. The van der Waals surface area contributed by atoms with Gasteiger partial charge in [-0.1, -0.05) is 67.4 Å². The summed E-state index contributed by atoms with van der Waals surface area (Å²) in [7, 11) is 0. The van der Waals surface area contributed by atoms with Gasteiger partial charge in [-0.05, 0) is 41.2 Å². The molecule has 0 radical (unpaired) electrons. The van der Waals surface area contributed by atoms with Crippen LogP contribution in [0, 0.1) is 0 Å². The molecular formula is C23H24O2. The maximum atomic E-state index is 6.31. The van der Waals surface area contributed by atoms with E-state index in [1.807, 2.05) is 12.3 Å². The van der Waals surface area contributed by atoms with Gasteiger partial charge in [0.2, 0.25) is 0 Å². The molecule has 0 bridgehead atoms. The van der Waals surface area contributed by atoms with Crippen molar-refractivity contribution in [2.24, 2.45) is 0 Å². The molecule has 1 aliphatic rings. The van der Waals surface area contributed by atoms with E-state index in [0.717, 1.165) is 6.42 Å². The number of furan rings is 1. The van der Waals surface area contributed by atoms with Gasteiger partial charge >= 0.3 is 0 Å². The van der Waals surface area contributed by atoms with Crippen molar-refractivity contribution in [1.82, 2.24) is 0 Å². The molecule has 2 aromatic carbocycles. The zero-order chi connectivity index (χ0) is 16.9. The van der Waals surface area contributed by atoms with Crippen molar-refractivity contribution >= 4 is 0 Å². The minimum absolute atomic E-state index is 0.292.